The standard InChI is InChI=1S/C24H27N5O4/c1-13-6-14-8-17(32-20(14)18(7-13)31-5)16-11-29(22-19(16)21(25)26-12-27-22)15-9-28(10-15)23(30)33-24(2,3)4/h6-8,11-12,15H,9-10H2,1-5H3,(H2,25,26,27). The summed E-state index contributed by atoms with van der Waals surface area (Å²) in [7, 11) is 1.63. The van der Waals surface area contributed by atoms with Crippen LogP contribution in [0.25, 0.3) is 33.3 Å². The molecular weight excluding hydrogens is 422 g/mol. The highest BCUT2D eigenvalue weighted by Crippen LogP contribution is 2.40. The molecule has 0 aliphatic carbocycles. The van der Waals surface area contributed by atoms with Gasteiger partial charge in [-0.3, -0.25) is 0 Å². The van der Waals surface area contributed by atoms with E-state index >= 15 is 0 Å². The van der Waals surface area contributed by atoms with Crippen molar-refractivity contribution in [1.82, 2.24) is 19.4 Å². The molecule has 3 aromatic heterocycles. The summed E-state index contributed by atoms with van der Waals surface area (Å²) in [5.74, 6) is 1.71. The number of carbonyl (C=O) groups is 1. The van der Waals surface area contributed by atoms with Gasteiger partial charge in [-0.15, -0.1) is 0 Å². The monoisotopic (exact) mass is 449 g/mol. The van der Waals surface area contributed by atoms with Crippen LogP contribution in [-0.4, -0.2) is 51.3 Å². The molecule has 1 amide bonds. The van der Waals surface area contributed by atoms with Crippen molar-refractivity contribution >= 4 is 33.9 Å². The number of likely N-dealkylation sites (tertiary alicyclic amines) is 1. The van der Waals surface area contributed by atoms with Gasteiger partial charge in [0.15, 0.2) is 11.3 Å². The van der Waals surface area contributed by atoms with Gasteiger partial charge in [-0.05, 0) is 51.5 Å². The van der Waals surface area contributed by atoms with Crippen molar-refractivity contribution in [2.75, 3.05) is 25.9 Å². The average Bonchev–Trinajstić information content (AvgIpc) is 3.27. The molecule has 0 atom stereocenters. The van der Waals surface area contributed by atoms with Crippen molar-refractivity contribution in [3.05, 3.63) is 36.3 Å². The van der Waals surface area contributed by atoms with Gasteiger partial charge in [0.2, 0.25) is 0 Å². The van der Waals surface area contributed by atoms with E-state index in [0.717, 1.165) is 21.9 Å². The number of hydrogen-bond acceptors (Lipinski definition) is 7. The van der Waals surface area contributed by atoms with Gasteiger partial charge in [0, 0.05) is 30.2 Å². The van der Waals surface area contributed by atoms with E-state index in [1.54, 1.807) is 12.0 Å². The van der Waals surface area contributed by atoms with E-state index in [2.05, 4.69) is 16.0 Å². The van der Waals surface area contributed by atoms with Gasteiger partial charge in [0.05, 0.1) is 18.5 Å². The molecule has 4 aromatic rings. The summed E-state index contributed by atoms with van der Waals surface area (Å²) in [6, 6.07) is 6.01. The zero-order valence-electron chi connectivity index (χ0n) is 19.4. The summed E-state index contributed by atoms with van der Waals surface area (Å²) in [4.78, 5) is 22.7. The van der Waals surface area contributed by atoms with E-state index in [4.69, 9.17) is 19.6 Å². The third kappa shape index (κ3) is 3.63. The molecule has 0 radical (unpaired) electrons. The Balaban J connectivity index is 1.54. The van der Waals surface area contributed by atoms with Crippen molar-refractivity contribution in [3.8, 4) is 17.1 Å². The topological polar surface area (TPSA) is 109 Å². The Kier molecular flexibility index (Phi) is 4.73. The molecule has 1 fully saturated rings. The Hall–Kier alpha value is -3.75. The summed E-state index contributed by atoms with van der Waals surface area (Å²) in [6.07, 6.45) is 3.11. The van der Waals surface area contributed by atoms with Gasteiger partial charge >= 0.3 is 6.09 Å². The van der Waals surface area contributed by atoms with E-state index in [-0.39, 0.29) is 12.1 Å². The van der Waals surface area contributed by atoms with Crippen LogP contribution in [0.2, 0.25) is 0 Å². The highest BCUT2D eigenvalue weighted by molar-refractivity contribution is 6.01. The van der Waals surface area contributed by atoms with Crippen molar-refractivity contribution < 1.29 is 18.7 Å². The normalized spacial score (nSPS) is 14.6. The molecule has 1 saturated heterocycles. The van der Waals surface area contributed by atoms with Crippen LogP contribution >= 0.6 is 0 Å². The molecule has 2 N–H and O–H groups in total. The minimum atomic E-state index is -0.530. The first-order chi connectivity index (χ1) is 15.6. The number of fused-ring (bicyclic) bond motifs is 2. The zero-order chi connectivity index (χ0) is 23.5. The van der Waals surface area contributed by atoms with Crippen LogP contribution < -0.4 is 10.5 Å². The molecule has 1 aliphatic heterocycles. The van der Waals surface area contributed by atoms with Gasteiger partial charge in [0.1, 0.15) is 29.2 Å². The van der Waals surface area contributed by atoms with Gasteiger partial charge in [0.25, 0.3) is 0 Å². The maximum Gasteiger partial charge on any atom is 0.410 e. The fourth-order valence-electron chi connectivity index (χ4n) is 4.23. The summed E-state index contributed by atoms with van der Waals surface area (Å²) >= 11 is 0. The number of benzene rings is 1. The lowest BCUT2D eigenvalue weighted by atomic mass is 10.1. The number of methoxy groups -OCH3 is 1. The Morgan fingerprint density at radius 2 is 1.97 bits per heavy atom. The number of aromatic nitrogens is 3. The van der Waals surface area contributed by atoms with Crippen LogP contribution in [0, 0.1) is 6.92 Å². The quantitative estimate of drug-likeness (QED) is 0.489. The Bertz CT molecular complexity index is 1380. The number of carbonyl (C=O) groups excluding carboxylic acids is 1. The maximum atomic E-state index is 12.4. The Labute approximate surface area is 191 Å². The molecule has 1 aromatic carbocycles. The number of hydrogen-bond donors (Lipinski definition) is 1. The van der Waals surface area contributed by atoms with Crippen LogP contribution in [-0.2, 0) is 4.74 Å². The molecule has 172 valence electrons. The van der Waals surface area contributed by atoms with E-state index in [0.29, 0.717) is 41.6 Å². The van der Waals surface area contributed by atoms with Crippen LogP contribution in [0.3, 0.4) is 0 Å². The number of nitrogens with two attached hydrogens (primary N) is 1. The third-order valence-corrected chi connectivity index (χ3v) is 5.76. The number of anilines is 1. The third-order valence-electron chi connectivity index (χ3n) is 5.76. The highest BCUT2D eigenvalue weighted by Gasteiger charge is 2.36. The minimum absolute atomic E-state index is 0.0456. The van der Waals surface area contributed by atoms with Gasteiger partial charge in [-0.2, -0.15) is 0 Å². The lowest BCUT2D eigenvalue weighted by Gasteiger charge is -2.40. The molecule has 9 heteroatoms. The number of ether oxygens (including phenoxy) is 2. The van der Waals surface area contributed by atoms with Gasteiger partial charge < -0.3 is 29.1 Å². The molecule has 5 rings (SSSR count). The van der Waals surface area contributed by atoms with Crippen molar-refractivity contribution in [3.63, 3.8) is 0 Å². The van der Waals surface area contributed by atoms with Crippen LogP contribution in [0.1, 0.15) is 32.4 Å². The van der Waals surface area contributed by atoms with E-state index in [9.17, 15) is 4.79 Å². The predicted molar refractivity (Wildman–Crippen MR) is 125 cm³/mol. The number of amides is 1. The molecule has 4 heterocycles. The molecule has 0 unspecified atom stereocenters. The highest BCUT2D eigenvalue weighted by atomic mass is 16.6. The second kappa shape index (κ2) is 7.40. The second-order valence-electron chi connectivity index (χ2n) is 9.44. The van der Waals surface area contributed by atoms with E-state index in [1.807, 2.05) is 50.6 Å². The van der Waals surface area contributed by atoms with Crippen LogP contribution in [0.5, 0.6) is 5.75 Å². The SMILES string of the molecule is COc1cc(C)cc2cc(-c3cn(C4CN(C(=O)OC(C)(C)C)C4)c4ncnc(N)c34)oc12. The van der Waals surface area contributed by atoms with E-state index < -0.39 is 5.60 Å². The summed E-state index contributed by atoms with van der Waals surface area (Å²) in [5.41, 5.74) is 9.00. The lowest BCUT2D eigenvalue weighted by Crippen LogP contribution is -2.52. The predicted octanol–water partition coefficient (Wildman–Crippen LogP) is 4.54. The lowest BCUT2D eigenvalue weighted by molar-refractivity contribution is 0.00152. The number of aryl methyl sites for hydroxylation is 1. The minimum Gasteiger partial charge on any atom is -0.493 e. The molecular formula is C24H27N5O4. The maximum absolute atomic E-state index is 12.4. The summed E-state index contributed by atoms with van der Waals surface area (Å²) in [5, 5.41) is 1.67. The van der Waals surface area contributed by atoms with Crippen molar-refractivity contribution in [2.24, 2.45) is 0 Å². The second-order valence-corrected chi connectivity index (χ2v) is 9.44. The van der Waals surface area contributed by atoms with E-state index in [1.165, 1.54) is 6.33 Å². The van der Waals surface area contributed by atoms with Crippen molar-refractivity contribution in [2.45, 2.75) is 39.3 Å². The summed E-state index contributed by atoms with van der Waals surface area (Å²) in [6.45, 7) is 8.63. The Morgan fingerprint density at radius 3 is 2.67 bits per heavy atom. The molecule has 33 heavy (non-hydrogen) atoms. The first-order valence-electron chi connectivity index (χ1n) is 10.8. The number of rotatable bonds is 3. The average molecular weight is 450 g/mol. The van der Waals surface area contributed by atoms with Crippen LogP contribution in [0.4, 0.5) is 10.6 Å². The largest absolute Gasteiger partial charge is 0.493 e. The van der Waals surface area contributed by atoms with Crippen LogP contribution in [0.15, 0.2) is 35.1 Å². The molecule has 0 spiro atoms. The number of nitrogen functional groups attached to an aromatic ring is 1. The number of furan rings is 1. The molecule has 9 nitrogen and oxygen atoms in total. The molecule has 0 bridgehead atoms. The fourth-order valence-corrected chi connectivity index (χ4v) is 4.23. The first-order valence-corrected chi connectivity index (χ1v) is 10.8. The van der Waals surface area contributed by atoms with Gasteiger partial charge in [-0.25, -0.2) is 14.8 Å². The first kappa shape index (κ1) is 21.1. The molecule has 1 aliphatic rings. The fraction of sp³-hybridized carbons (Fsp3) is 0.375. The molecule has 0 saturated carbocycles. The summed E-state index contributed by atoms with van der Waals surface area (Å²) < 4.78 is 19.2. The van der Waals surface area contributed by atoms with Gasteiger partial charge in [-0.1, -0.05) is 0 Å². The number of nitrogens with zero attached hydrogens (tertiary/aromatic N) is 4. The van der Waals surface area contributed by atoms with Crippen molar-refractivity contribution in [1.29, 1.82) is 0 Å². The smallest absolute Gasteiger partial charge is 0.410 e. The Morgan fingerprint density at radius 1 is 1.21 bits per heavy atom. The zero-order valence-corrected chi connectivity index (χ0v) is 19.4.